The van der Waals surface area contributed by atoms with Crippen LogP contribution in [-0.2, 0) is 6.42 Å². The smallest absolute Gasteiger partial charge is 0.0713 e. The molecule has 15 heavy (non-hydrogen) atoms. The molecule has 1 N–H and O–H groups in total. The Labute approximate surface area is 95.9 Å². The summed E-state index contributed by atoms with van der Waals surface area (Å²) in [4.78, 5) is 1.34. The van der Waals surface area contributed by atoms with Gasteiger partial charge in [0.2, 0.25) is 0 Å². The summed E-state index contributed by atoms with van der Waals surface area (Å²) < 4.78 is 0. The minimum absolute atomic E-state index is 0.0281. The van der Waals surface area contributed by atoms with Crippen molar-refractivity contribution >= 4 is 11.8 Å². The van der Waals surface area contributed by atoms with Crippen LogP contribution in [0.2, 0.25) is 0 Å². The fraction of sp³-hybridized carbons (Fsp3) is 0.538. The van der Waals surface area contributed by atoms with E-state index in [0.29, 0.717) is 5.25 Å². The molecule has 1 aliphatic rings. The highest BCUT2D eigenvalue weighted by Crippen LogP contribution is 2.41. The summed E-state index contributed by atoms with van der Waals surface area (Å²) in [5, 5.41) is 10.6. The maximum atomic E-state index is 10.2. The molecule has 0 aliphatic carbocycles. The zero-order chi connectivity index (χ0) is 11.1. The molecule has 1 aromatic carbocycles. The van der Waals surface area contributed by atoms with Crippen LogP contribution in [0.4, 0.5) is 0 Å². The van der Waals surface area contributed by atoms with E-state index in [1.165, 1.54) is 10.5 Å². The predicted molar refractivity (Wildman–Crippen MR) is 65.3 cm³/mol. The van der Waals surface area contributed by atoms with Crippen molar-refractivity contribution in [3.63, 3.8) is 0 Å². The first-order valence-electron chi connectivity index (χ1n) is 5.41. The van der Waals surface area contributed by atoms with Crippen LogP contribution in [0, 0.1) is 5.41 Å². The second-order valence-corrected chi connectivity index (χ2v) is 6.56. The summed E-state index contributed by atoms with van der Waals surface area (Å²) in [6.07, 6.45) is 0.758. The minimum atomic E-state index is -0.241. The molecular formula is C13H18OS. The van der Waals surface area contributed by atoms with E-state index in [9.17, 15) is 5.11 Å². The first-order valence-corrected chi connectivity index (χ1v) is 6.29. The van der Waals surface area contributed by atoms with Crippen LogP contribution in [0.15, 0.2) is 29.2 Å². The van der Waals surface area contributed by atoms with E-state index in [-0.39, 0.29) is 11.5 Å². The lowest BCUT2D eigenvalue weighted by atomic mass is 9.85. The number of thioether (sulfide) groups is 1. The molecule has 1 aliphatic heterocycles. The maximum absolute atomic E-state index is 10.2. The molecule has 0 spiro atoms. The number of aliphatic hydroxyl groups is 1. The van der Waals surface area contributed by atoms with Crippen LogP contribution in [0.3, 0.4) is 0 Å². The van der Waals surface area contributed by atoms with Gasteiger partial charge in [-0.1, -0.05) is 39.0 Å². The Balaban J connectivity index is 2.14. The lowest BCUT2D eigenvalue weighted by molar-refractivity contribution is 0.0619. The molecule has 0 bridgehead atoms. The standard InChI is InChI=1S/C13H18OS/c1-13(2,3)12(14)11-8-9-6-4-5-7-10(9)15-11/h4-7,11-12,14H,8H2,1-3H3. The molecule has 1 heterocycles. The molecule has 1 nitrogen and oxygen atoms in total. The highest BCUT2D eigenvalue weighted by molar-refractivity contribution is 8.00. The van der Waals surface area contributed by atoms with Crippen LogP contribution in [0.25, 0.3) is 0 Å². The Morgan fingerprint density at radius 1 is 1.33 bits per heavy atom. The van der Waals surface area contributed by atoms with E-state index in [1.54, 1.807) is 0 Å². The highest BCUT2D eigenvalue weighted by Gasteiger charge is 2.34. The number of fused-ring (bicyclic) bond motifs is 1. The summed E-state index contributed by atoms with van der Waals surface area (Å²) in [7, 11) is 0. The maximum Gasteiger partial charge on any atom is 0.0713 e. The van der Waals surface area contributed by atoms with Crippen LogP contribution in [0.1, 0.15) is 26.3 Å². The van der Waals surface area contributed by atoms with Gasteiger partial charge in [0.1, 0.15) is 0 Å². The summed E-state index contributed by atoms with van der Waals surface area (Å²) >= 11 is 1.82. The lowest BCUT2D eigenvalue weighted by Gasteiger charge is -2.30. The van der Waals surface area contributed by atoms with Gasteiger partial charge in [-0.25, -0.2) is 0 Å². The van der Waals surface area contributed by atoms with Crippen LogP contribution >= 0.6 is 11.8 Å². The number of rotatable bonds is 1. The second kappa shape index (κ2) is 3.84. The normalized spacial score (nSPS) is 22.5. The Hall–Kier alpha value is -0.470. The monoisotopic (exact) mass is 222 g/mol. The van der Waals surface area contributed by atoms with Crippen molar-refractivity contribution in [3.8, 4) is 0 Å². The molecular weight excluding hydrogens is 204 g/mol. The van der Waals surface area contributed by atoms with E-state index >= 15 is 0 Å². The first-order chi connectivity index (χ1) is 6.98. The first kappa shape index (κ1) is 11.0. The van der Waals surface area contributed by atoms with Crippen LogP contribution in [-0.4, -0.2) is 16.5 Å². The Morgan fingerprint density at radius 2 is 2.00 bits per heavy atom. The van der Waals surface area contributed by atoms with Gasteiger partial charge in [0.25, 0.3) is 0 Å². The predicted octanol–water partition coefficient (Wildman–Crippen LogP) is 3.11. The molecule has 2 atom stereocenters. The minimum Gasteiger partial charge on any atom is -0.391 e. The third-order valence-corrected chi connectivity index (χ3v) is 4.29. The van der Waals surface area contributed by atoms with Gasteiger partial charge in [0.05, 0.1) is 6.10 Å². The van der Waals surface area contributed by atoms with Gasteiger partial charge in [0, 0.05) is 10.1 Å². The molecule has 0 amide bonds. The van der Waals surface area contributed by atoms with Crippen molar-refractivity contribution < 1.29 is 5.11 Å². The molecule has 0 radical (unpaired) electrons. The largest absolute Gasteiger partial charge is 0.391 e. The zero-order valence-electron chi connectivity index (χ0n) is 9.53. The van der Waals surface area contributed by atoms with Crippen molar-refractivity contribution in [2.45, 2.75) is 43.4 Å². The van der Waals surface area contributed by atoms with Gasteiger partial charge in [-0.2, -0.15) is 0 Å². The second-order valence-electron chi connectivity index (χ2n) is 5.28. The molecule has 2 heteroatoms. The quantitative estimate of drug-likeness (QED) is 0.788. The van der Waals surface area contributed by atoms with Crippen LogP contribution < -0.4 is 0 Å². The van der Waals surface area contributed by atoms with Gasteiger partial charge in [-0.15, -0.1) is 11.8 Å². The molecule has 0 saturated heterocycles. The molecule has 82 valence electrons. The average Bonchev–Trinajstić information content (AvgIpc) is 2.58. The molecule has 1 aromatic rings. The van der Waals surface area contributed by atoms with E-state index < -0.39 is 0 Å². The third kappa shape index (κ3) is 2.21. The fourth-order valence-electron chi connectivity index (χ4n) is 1.94. The van der Waals surface area contributed by atoms with Crippen molar-refractivity contribution in [2.75, 3.05) is 0 Å². The summed E-state index contributed by atoms with van der Waals surface area (Å²) in [5.74, 6) is 0. The summed E-state index contributed by atoms with van der Waals surface area (Å²) in [6.45, 7) is 6.30. The van der Waals surface area contributed by atoms with E-state index in [0.717, 1.165) is 6.42 Å². The summed E-state index contributed by atoms with van der Waals surface area (Å²) in [6, 6.07) is 8.45. The zero-order valence-corrected chi connectivity index (χ0v) is 10.3. The van der Waals surface area contributed by atoms with Gasteiger partial charge in [0.15, 0.2) is 0 Å². The van der Waals surface area contributed by atoms with Gasteiger partial charge < -0.3 is 5.11 Å². The molecule has 0 fully saturated rings. The Morgan fingerprint density at radius 3 is 2.60 bits per heavy atom. The SMILES string of the molecule is CC(C)(C)C(O)C1Cc2ccccc2S1. The van der Waals surface area contributed by atoms with E-state index in [4.69, 9.17) is 0 Å². The van der Waals surface area contributed by atoms with E-state index in [2.05, 4.69) is 45.0 Å². The summed E-state index contributed by atoms with van der Waals surface area (Å²) in [5.41, 5.74) is 1.36. The molecule has 0 saturated carbocycles. The number of benzene rings is 1. The van der Waals surface area contributed by atoms with Gasteiger partial charge >= 0.3 is 0 Å². The molecule has 2 unspecified atom stereocenters. The Kier molecular flexibility index (Phi) is 2.82. The van der Waals surface area contributed by atoms with Crippen molar-refractivity contribution in [1.29, 1.82) is 0 Å². The van der Waals surface area contributed by atoms with Crippen molar-refractivity contribution in [2.24, 2.45) is 5.41 Å². The van der Waals surface area contributed by atoms with E-state index in [1.807, 2.05) is 11.8 Å². The van der Waals surface area contributed by atoms with Crippen molar-refractivity contribution in [3.05, 3.63) is 29.8 Å². The number of hydrogen-bond donors (Lipinski definition) is 1. The topological polar surface area (TPSA) is 20.2 Å². The molecule has 0 aromatic heterocycles. The highest BCUT2D eigenvalue weighted by atomic mass is 32.2. The number of hydrogen-bond acceptors (Lipinski definition) is 2. The Bertz CT molecular complexity index is 329. The van der Waals surface area contributed by atoms with Crippen molar-refractivity contribution in [1.82, 2.24) is 0 Å². The number of aliphatic hydroxyl groups excluding tert-OH is 1. The molecule has 2 rings (SSSR count). The average molecular weight is 222 g/mol. The van der Waals surface area contributed by atoms with Gasteiger partial charge in [-0.3, -0.25) is 0 Å². The third-order valence-electron chi connectivity index (χ3n) is 2.91. The fourth-order valence-corrected chi connectivity index (χ4v) is 3.53. The lowest BCUT2D eigenvalue weighted by Crippen LogP contribution is -2.35. The van der Waals surface area contributed by atoms with Gasteiger partial charge in [-0.05, 0) is 23.5 Å². The van der Waals surface area contributed by atoms with Crippen LogP contribution in [0.5, 0.6) is 0 Å².